The van der Waals surface area contributed by atoms with Gasteiger partial charge in [-0.15, -0.1) is 35.3 Å². The number of amides is 1. The number of aliphatic imine (C=N–C) groups is 1. The Balaban J connectivity index is 0.00000280. The standard InChI is InChI=1S/C21H28N4OS.HI/c1-15(13-18-11-10-16(2)27-18)24-21(22-3)23-14-20(26)25-12-6-8-17-7-4-5-9-19(17)25;/h4-5,7,9-11,15H,6,8,12-14H2,1-3H3,(H2,22,23,24);1H. The maximum atomic E-state index is 12.7. The maximum absolute atomic E-state index is 12.7. The van der Waals surface area contributed by atoms with Crippen LogP contribution in [0, 0.1) is 6.92 Å². The van der Waals surface area contributed by atoms with Gasteiger partial charge in [-0.1, -0.05) is 18.2 Å². The molecule has 1 aliphatic rings. The SMILES string of the molecule is CN=C(NCC(=O)N1CCCc2ccccc21)NC(C)Cc1ccc(C)s1.I. The predicted octanol–water partition coefficient (Wildman–Crippen LogP) is 3.75. The zero-order valence-corrected chi connectivity index (χ0v) is 19.8. The molecule has 2 aromatic rings. The summed E-state index contributed by atoms with van der Waals surface area (Å²) >= 11 is 1.82. The number of halogens is 1. The van der Waals surface area contributed by atoms with Gasteiger partial charge >= 0.3 is 0 Å². The van der Waals surface area contributed by atoms with Gasteiger partial charge in [0.05, 0.1) is 6.54 Å². The normalized spacial score (nSPS) is 14.7. The van der Waals surface area contributed by atoms with Gasteiger partial charge in [0.15, 0.2) is 5.96 Å². The van der Waals surface area contributed by atoms with E-state index in [0.29, 0.717) is 5.96 Å². The Morgan fingerprint density at radius 3 is 2.79 bits per heavy atom. The lowest BCUT2D eigenvalue weighted by atomic mass is 10.0. The van der Waals surface area contributed by atoms with Crippen molar-refractivity contribution >= 4 is 52.9 Å². The molecule has 0 saturated heterocycles. The summed E-state index contributed by atoms with van der Waals surface area (Å²) in [6.07, 6.45) is 2.98. The molecule has 2 heterocycles. The van der Waals surface area contributed by atoms with Crippen molar-refractivity contribution < 1.29 is 4.79 Å². The number of aryl methyl sites for hydroxylation is 2. The highest BCUT2D eigenvalue weighted by Crippen LogP contribution is 2.26. The molecule has 0 aliphatic carbocycles. The van der Waals surface area contributed by atoms with Crippen molar-refractivity contribution in [3.63, 3.8) is 0 Å². The fourth-order valence-electron chi connectivity index (χ4n) is 3.42. The molecule has 1 aromatic heterocycles. The number of guanidine groups is 1. The molecule has 0 saturated carbocycles. The minimum atomic E-state index is 0. The van der Waals surface area contributed by atoms with E-state index < -0.39 is 0 Å². The first-order valence-corrected chi connectivity index (χ1v) is 10.3. The largest absolute Gasteiger partial charge is 0.354 e. The molecule has 1 aliphatic heterocycles. The van der Waals surface area contributed by atoms with Gasteiger partial charge in [-0.25, -0.2) is 0 Å². The molecular formula is C21H29IN4OS. The molecule has 7 heteroatoms. The van der Waals surface area contributed by atoms with Gasteiger partial charge in [-0.3, -0.25) is 9.79 Å². The van der Waals surface area contributed by atoms with Crippen LogP contribution in [0.15, 0.2) is 41.4 Å². The summed E-state index contributed by atoms with van der Waals surface area (Å²) in [5.41, 5.74) is 2.29. The van der Waals surface area contributed by atoms with Gasteiger partial charge in [-0.2, -0.15) is 0 Å². The molecule has 0 radical (unpaired) electrons. The number of carbonyl (C=O) groups excluding carboxylic acids is 1. The van der Waals surface area contributed by atoms with Gasteiger partial charge in [0.1, 0.15) is 0 Å². The Bertz CT molecular complexity index is 820. The summed E-state index contributed by atoms with van der Waals surface area (Å²) < 4.78 is 0. The summed E-state index contributed by atoms with van der Waals surface area (Å²) in [6.45, 7) is 5.26. The molecule has 28 heavy (non-hydrogen) atoms. The van der Waals surface area contributed by atoms with E-state index in [9.17, 15) is 4.79 Å². The Hall–Kier alpha value is -1.61. The van der Waals surface area contributed by atoms with Crippen LogP contribution >= 0.6 is 35.3 Å². The minimum absolute atomic E-state index is 0. The molecule has 2 N–H and O–H groups in total. The van der Waals surface area contributed by atoms with E-state index in [1.54, 1.807) is 7.05 Å². The first-order chi connectivity index (χ1) is 13.1. The highest BCUT2D eigenvalue weighted by molar-refractivity contribution is 14.0. The number of hydrogen-bond donors (Lipinski definition) is 2. The second-order valence-electron chi connectivity index (χ2n) is 6.97. The monoisotopic (exact) mass is 512 g/mol. The lowest BCUT2D eigenvalue weighted by molar-refractivity contribution is -0.117. The third-order valence-electron chi connectivity index (χ3n) is 4.73. The van der Waals surface area contributed by atoms with Crippen LogP contribution in [0.1, 0.15) is 28.7 Å². The molecule has 1 amide bonds. The first-order valence-electron chi connectivity index (χ1n) is 9.47. The van der Waals surface area contributed by atoms with Crippen LogP contribution in [0.5, 0.6) is 0 Å². The molecule has 1 aromatic carbocycles. The Morgan fingerprint density at radius 2 is 2.07 bits per heavy atom. The van der Waals surface area contributed by atoms with Crippen molar-refractivity contribution in [1.29, 1.82) is 0 Å². The number of hydrogen-bond acceptors (Lipinski definition) is 3. The quantitative estimate of drug-likeness (QED) is 0.365. The zero-order valence-electron chi connectivity index (χ0n) is 16.7. The van der Waals surface area contributed by atoms with Crippen LogP contribution in [0.4, 0.5) is 5.69 Å². The van der Waals surface area contributed by atoms with Crippen LogP contribution in [0.25, 0.3) is 0 Å². The second-order valence-corrected chi connectivity index (χ2v) is 8.34. The summed E-state index contributed by atoms with van der Waals surface area (Å²) in [5, 5.41) is 6.55. The van der Waals surface area contributed by atoms with Crippen molar-refractivity contribution in [2.24, 2.45) is 4.99 Å². The van der Waals surface area contributed by atoms with Crippen LogP contribution in [-0.4, -0.2) is 38.0 Å². The van der Waals surface area contributed by atoms with Crippen molar-refractivity contribution in [3.05, 3.63) is 51.7 Å². The number of anilines is 1. The van der Waals surface area contributed by atoms with Gasteiger partial charge in [-0.05, 0) is 50.5 Å². The van der Waals surface area contributed by atoms with E-state index in [1.807, 2.05) is 34.4 Å². The topological polar surface area (TPSA) is 56.7 Å². The van der Waals surface area contributed by atoms with Crippen molar-refractivity contribution in [3.8, 4) is 0 Å². The van der Waals surface area contributed by atoms with E-state index in [-0.39, 0.29) is 42.5 Å². The molecule has 1 unspecified atom stereocenters. The van der Waals surface area contributed by atoms with E-state index in [2.05, 4.69) is 47.7 Å². The number of nitrogens with zero attached hydrogens (tertiary/aromatic N) is 2. The van der Waals surface area contributed by atoms with E-state index in [4.69, 9.17) is 0 Å². The molecule has 1 atom stereocenters. The molecule has 3 rings (SSSR count). The van der Waals surface area contributed by atoms with Gasteiger partial charge < -0.3 is 15.5 Å². The van der Waals surface area contributed by atoms with E-state index in [1.165, 1.54) is 15.3 Å². The average Bonchev–Trinajstić information content (AvgIpc) is 3.08. The maximum Gasteiger partial charge on any atom is 0.246 e. The Kier molecular flexibility index (Phi) is 8.75. The third kappa shape index (κ3) is 5.94. The van der Waals surface area contributed by atoms with Crippen LogP contribution in [0.2, 0.25) is 0 Å². The fourth-order valence-corrected chi connectivity index (χ4v) is 4.44. The Morgan fingerprint density at radius 1 is 1.29 bits per heavy atom. The molecule has 152 valence electrons. The fraction of sp³-hybridized carbons (Fsp3) is 0.429. The molecular weight excluding hydrogens is 483 g/mol. The smallest absolute Gasteiger partial charge is 0.246 e. The van der Waals surface area contributed by atoms with Gasteiger partial charge in [0.25, 0.3) is 0 Å². The van der Waals surface area contributed by atoms with E-state index in [0.717, 1.165) is 31.5 Å². The number of benzene rings is 1. The number of fused-ring (bicyclic) bond motifs is 1. The molecule has 0 fully saturated rings. The zero-order chi connectivity index (χ0) is 19.2. The molecule has 0 spiro atoms. The van der Waals surface area contributed by atoms with Crippen molar-refractivity contribution in [2.75, 3.05) is 25.0 Å². The average molecular weight is 512 g/mol. The minimum Gasteiger partial charge on any atom is -0.354 e. The van der Waals surface area contributed by atoms with Gasteiger partial charge in [0, 0.05) is 41.5 Å². The second kappa shape index (κ2) is 10.8. The van der Waals surface area contributed by atoms with Crippen LogP contribution in [-0.2, 0) is 17.6 Å². The van der Waals surface area contributed by atoms with Crippen molar-refractivity contribution in [1.82, 2.24) is 10.6 Å². The summed E-state index contributed by atoms with van der Waals surface area (Å²) in [6, 6.07) is 12.7. The lowest BCUT2D eigenvalue weighted by Crippen LogP contribution is -2.48. The van der Waals surface area contributed by atoms with E-state index >= 15 is 0 Å². The van der Waals surface area contributed by atoms with Crippen molar-refractivity contribution in [2.45, 2.75) is 39.2 Å². The van der Waals surface area contributed by atoms with Crippen LogP contribution < -0.4 is 15.5 Å². The highest BCUT2D eigenvalue weighted by Gasteiger charge is 2.22. The summed E-state index contributed by atoms with van der Waals surface area (Å²) in [4.78, 5) is 21.6. The molecule has 5 nitrogen and oxygen atoms in total. The summed E-state index contributed by atoms with van der Waals surface area (Å²) in [7, 11) is 1.73. The number of carbonyl (C=O) groups is 1. The number of thiophene rings is 1. The summed E-state index contributed by atoms with van der Waals surface area (Å²) in [5.74, 6) is 0.737. The molecule has 0 bridgehead atoms. The number of nitrogens with one attached hydrogen (secondary N) is 2. The van der Waals surface area contributed by atoms with Crippen LogP contribution in [0.3, 0.4) is 0 Å². The Labute approximate surface area is 188 Å². The predicted molar refractivity (Wildman–Crippen MR) is 129 cm³/mol. The number of rotatable bonds is 5. The van der Waals surface area contributed by atoms with Gasteiger partial charge in [0.2, 0.25) is 5.91 Å². The third-order valence-corrected chi connectivity index (χ3v) is 5.75. The number of para-hydroxylation sites is 1. The first kappa shape index (κ1) is 22.7. The lowest BCUT2D eigenvalue weighted by Gasteiger charge is -2.29. The highest BCUT2D eigenvalue weighted by atomic mass is 127.